The molecule has 0 fully saturated rings. The Morgan fingerprint density at radius 3 is 1.30 bits per heavy atom. The molecule has 3 heteroatoms. The second kappa shape index (κ2) is 16.9. The highest BCUT2D eigenvalue weighted by Crippen LogP contribution is 2.50. The molecule has 69 heavy (non-hydrogen) atoms. The lowest BCUT2D eigenvalue weighted by atomic mass is 9.87. The number of rotatable bonds is 9. The summed E-state index contributed by atoms with van der Waals surface area (Å²) in [5.74, 6) is 0. The maximum atomic E-state index is 2.50. The Bertz CT molecular complexity index is 3930. The van der Waals surface area contributed by atoms with Gasteiger partial charge < -0.3 is 14.0 Å². The third-order valence-corrected chi connectivity index (χ3v) is 13.7. The summed E-state index contributed by atoms with van der Waals surface area (Å²) in [5.41, 5.74) is 19.6. The monoisotopic (exact) mass is 879 g/mol. The van der Waals surface area contributed by atoms with E-state index in [1.807, 2.05) is 0 Å². The zero-order valence-electron chi connectivity index (χ0n) is 37.8. The predicted octanol–water partition coefficient (Wildman–Crippen LogP) is 18.0. The summed E-state index contributed by atoms with van der Waals surface area (Å²) >= 11 is 0. The fraction of sp³-hybridized carbons (Fsp3) is 0. The van der Waals surface area contributed by atoms with Gasteiger partial charge in [-0.05, 0) is 112 Å². The van der Waals surface area contributed by atoms with Crippen molar-refractivity contribution >= 4 is 60.7 Å². The van der Waals surface area contributed by atoms with Crippen molar-refractivity contribution in [2.75, 3.05) is 4.90 Å². The fourth-order valence-electron chi connectivity index (χ4n) is 10.7. The molecule has 0 aliphatic carbocycles. The van der Waals surface area contributed by atoms with E-state index in [-0.39, 0.29) is 0 Å². The van der Waals surface area contributed by atoms with E-state index in [1.165, 1.54) is 60.3 Å². The molecule has 2 heterocycles. The van der Waals surface area contributed by atoms with E-state index in [0.29, 0.717) is 0 Å². The standard InChI is InChI=1S/C66H45N3/c1-4-20-48(21-5-1)53-26-10-11-29-57(53)65-54(49-22-6-2-7-23-49)31-18-35-62(65)69(64-37-19-36-63-66(64)58-30-14-17-34-61(58)68(63)50-24-8-3-9-25-50)52-44-40-47(41-45-52)46-38-42-51(43-39-46)67-59-32-15-12-27-55(59)56-28-13-16-33-60(56)67/h1-45H. The van der Waals surface area contributed by atoms with Gasteiger partial charge in [0.2, 0.25) is 0 Å². The van der Waals surface area contributed by atoms with Gasteiger partial charge in [-0.3, -0.25) is 0 Å². The molecule has 13 rings (SSSR count). The van der Waals surface area contributed by atoms with Crippen LogP contribution in [0.2, 0.25) is 0 Å². The van der Waals surface area contributed by atoms with Crippen LogP contribution in [-0.4, -0.2) is 9.13 Å². The maximum absolute atomic E-state index is 2.50. The summed E-state index contributed by atoms with van der Waals surface area (Å²) in [6, 6.07) is 99.2. The average molecular weight is 880 g/mol. The number of hydrogen-bond donors (Lipinski definition) is 0. The van der Waals surface area contributed by atoms with E-state index in [1.54, 1.807) is 0 Å². The van der Waals surface area contributed by atoms with E-state index >= 15 is 0 Å². The first-order valence-electron chi connectivity index (χ1n) is 23.7. The van der Waals surface area contributed by atoms with Crippen molar-refractivity contribution in [3.05, 3.63) is 273 Å². The Kier molecular flexibility index (Phi) is 9.84. The van der Waals surface area contributed by atoms with E-state index in [4.69, 9.17) is 0 Å². The van der Waals surface area contributed by atoms with Crippen LogP contribution in [0.15, 0.2) is 273 Å². The molecule has 0 aliphatic heterocycles. The van der Waals surface area contributed by atoms with Gasteiger partial charge in [0.1, 0.15) is 0 Å². The highest BCUT2D eigenvalue weighted by Gasteiger charge is 2.26. The number of para-hydroxylation sites is 4. The molecule has 0 saturated carbocycles. The lowest BCUT2D eigenvalue weighted by molar-refractivity contribution is 1.18. The number of benzene rings is 11. The first-order chi connectivity index (χ1) is 34.3. The van der Waals surface area contributed by atoms with Crippen molar-refractivity contribution < 1.29 is 0 Å². The number of anilines is 3. The zero-order valence-corrected chi connectivity index (χ0v) is 37.8. The predicted molar refractivity (Wildman–Crippen MR) is 292 cm³/mol. The van der Waals surface area contributed by atoms with Crippen molar-refractivity contribution in [2.45, 2.75) is 0 Å². The van der Waals surface area contributed by atoms with Crippen molar-refractivity contribution in [3.63, 3.8) is 0 Å². The van der Waals surface area contributed by atoms with Crippen LogP contribution >= 0.6 is 0 Å². The Morgan fingerprint density at radius 1 is 0.246 bits per heavy atom. The van der Waals surface area contributed by atoms with Gasteiger partial charge in [-0.15, -0.1) is 0 Å². The Balaban J connectivity index is 1.03. The molecule has 3 nitrogen and oxygen atoms in total. The molecular weight excluding hydrogens is 835 g/mol. The van der Waals surface area contributed by atoms with Gasteiger partial charge in [0.25, 0.3) is 0 Å². The maximum Gasteiger partial charge on any atom is 0.0562 e. The zero-order chi connectivity index (χ0) is 45.7. The van der Waals surface area contributed by atoms with Crippen LogP contribution in [0.4, 0.5) is 17.1 Å². The minimum absolute atomic E-state index is 1.06. The van der Waals surface area contributed by atoms with Gasteiger partial charge in [0.15, 0.2) is 0 Å². The third kappa shape index (κ3) is 6.82. The van der Waals surface area contributed by atoms with Crippen molar-refractivity contribution in [1.82, 2.24) is 9.13 Å². The molecule has 13 aromatic rings. The van der Waals surface area contributed by atoms with Crippen LogP contribution in [0.3, 0.4) is 0 Å². The average Bonchev–Trinajstić information content (AvgIpc) is 3.95. The molecule has 0 bridgehead atoms. The number of nitrogens with zero attached hydrogens (tertiary/aromatic N) is 3. The lowest BCUT2D eigenvalue weighted by Gasteiger charge is -2.30. The van der Waals surface area contributed by atoms with Crippen LogP contribution < -0.4 is 4.90 Å². The molecule has 0 unspecified atom stereocenters. The molecule has 11 aromatic carbocycles. The largest absolute Gasteiger partial charge is 0.309 e. The molecule has 0 amide bonds. The van der Waals surface area contributed by atoms with Crippen molar-refractivity contribution in [3.8, 4) is 55.9 Å². The topological polar surface area (TPSA) is 13.1 Å². The molecule has 0 spiro atoms. The van der Waals surface area contributed by atoms with Crippen LogP contribution in [-0.2, 0) is 0 Å². The summed E-state index contributed by atoms with van der Waals surface area (Å²) in [5, 5.41) is 4.91. The Morgan fingerprint density at radius 2 is 0.667 bits per heavy atom. The van der Waals surface area contributed by atoms with Gasteiger partial charge in [-0.25, -0.2) is 0 Å². The minimum Gasteiger partial charge on any atom is -0.309 e. The van der Waals surface area contributed by atoms with Gasteiger partial charge >= 0.3 is 0 Å². The first-order valence-corrected chi connectivity index (χ1v) is 23.7. The first kappa shape index (κ1) is 40.1. The summed E-state index contributed by atoms with van der Waals surface area (Å²) in [6.45, 7) is 0. The van der Waals surface area contributed by atoms with Gasteiger partial charge in [0.05, 0.1) is 33.4 Å². The number of aromatic nitrogens is 2. The van der Waals surface area contributed by atoms with Crippen LogP contribution in [0.5, 0.6) is 0 Å². The van der Waals surface area contributed by atoms with E-state index in [2.05, 4.69) is 287 Å². The van der Waals surface area contributed by atoms with Crippen LogP contribution in [0, 0.1) is 0 Å². The third-order valence-electron chi connectivity index (χ3n) is 13.7. The van der Waals surface area contributed by atoms with Crippen LogP contribution in [0.25, 0.3) is 99.5 Å². The van der Waals surface area contributed by atoms with Crippen LogP contribution in [0.1, 0.15) is 0 Å². The molecule has 0 aliphatic rings. The minimum atomic E-state index is 1.06. The lowest BCUT2D eigenvalue weighted by Crippen LogP contribution is -2.12. The van der Waals surface area contributed by atoms with Crippen molar-refractivity contribution in [1.29, 1.82) is 0 Å². The number of hydrogen-bond acceptors (Lipinski definition) is 1. The molecule has 0 radical (unpaired) electrons. The highest BCUT2D eigenvalue weighted by molar-refractivity contribution is 6.17. The fourth-order valence-corrected chi connectivity index (χ4v) is 10.7. The molecular formula is C66H45N3. The summed E-state index contributed by atoms with van der Waals surface area (Å²) in [6.07, 6.45) is 0. The molecule has 2 aromatic heterocycles. The smallest absolute Gasteiger partial charge is 0.0562 e. The Labute approximate surface area is 401 Å². The van der Waals surface area contributed by atoms with Gasteiger partial charge in [-0.2, -0.15) is 0 Å². The second-order valence-corrected chi connectivity index (χ2v) is 17.6. The molecule has 0 N–H and O–H groups in total. The summed E-state index contributed by atoms with van der Waals surface area (Å²) in [7, 11) is 0. The Hall–Kier alpha value is -9.18. The summed E-state index contributed by atoms with van der Waals surface area (Å²) in [4.78, 5) is 2.50. The molecule has 324 valence electrons. The second-order valence-electron chi connectivity index (χ2n) is 17.6. The quantitative estimate of drug-likeness (QED) is 0.141. The van der Waals surface area contributed by atoms with Crippen molar-refractivity contribution in [2.24, 2.45) is 0 Å². The normalized spacial score (nSPS) is 11.5. The molecule has 0 atom stereocenters. The van der Waals surface area contributed by atoms with E-state index in [9.17, 15) is 0 Å². The van der Waals surface area contributed by atoms with Gasteiger partial charge in [0, 0.05) is 44.2 Å². The summed E-state index contributed by atoms with van der Waals surface area (Å²) < 4.78 is 4.78. The van der Waals surface area contributed by atoms with E-state index in [0.717, 1.165) is 56.2 Å². The highest BCUT2D eigenvalue weighted by atomic mass is 15.2. The van der Waals surface area contributed by atoms with Gasteiger partial charge in [-0.1, -0.05) is 200 Å². The molecule has 0 saturated heterocycles. The SMILES string of the molecule is c1ccc(-c2ccccc2-c2c(-c3ccccc3)cccc2N(c2ccc(-c3ccc(-n4c5ccccc5c5ccccc54)cc3)cc2)c2cccc3c2c2ccccc2n3-c2ccccc2)cc1. The van der Waals surface area contributed by atoms with E-state index < -0.39 is 0 Å². The number of fused-ring (bicyclic) bond motifs is 6.